The summed E-state index contributed by atoms with van der Waals surface area (Å²) in [5.74, 6) is 0.720. The molecule has 26 heavy (non-hydrogen) atoms. The van der Waals surface area contributed by atoms with Crippen LogP contribution in [-0.2, 0) is 4.79 Å². The summed E-state index contributed by atoms with van der Waals surface area (Å²) >= 11 is 5.88. The van der Waals surface area contributed by atoms with E-state index in [1.807, 2.05) is 6.92 Å². The molecule has 6 nitrogen and oxygen atoms in total. The van der Waals surface area contributed by atoms with Gasteiger partial charge in [-0.3, -0.25) is 4.79 Å². The Morgan fingerprint density at radius 1 is 1.19 bits per heavy atom. The smallest absolute Gasteiger partial charge is 0.319 e. The topological polar surface area (TPSA) is 70.7 Å². The summed E-state index contributed by atoms with van der Waals surface area (Å²) in [6.45, 7) is 2.93. The lowest BCUT2D eigenvalue weighted by atomic mass is 10.2. The van der Waals surface area contributed by atoms with Gasteiger partial charge in [-0.05, 0) is 55.5 Å². The van der Waals surface area contributed by atoms with Crippen molar-refractivity contribution in [1.82, 2.24) is 5.32 Å². The number of hydrogen-bond donors (Lipinski definition) is 2. The van der Waals surface area contributed by atoms with Crippen LogP contribution in [0.1, 0.15) is 13.3 Å². The number of benzene rings is 2. The molecule has 136 valence electrons. The summed E-state index contributed by atoms with van der Waals surface area (Å²) in [6.07, 6.45) is 0.263. The number of amides is 3. The van der Waals surface area contributed by atoms with Gasteiger partial charge in [0.05, 0.1) is 12.6 Å². The monoisotopic (exact) mass is 373 g/mol. The Morgan fingerprint density at radius 2 is 1.88 bits per heavy atom. The zero-order chi connectivity index (χ0) is 18.5. The molecule has 1 aliphatic heterocycles. The minimum absolute atomic E-state index is 0.0290. The molecule has 1 heterocycles. The lowest BCUT2D eigenvalue weighted by Gasteiger charge is -2.17. The van der Waals surface area contributed by atoms with E-state index >= 15 is 0 Å². The van der Waals surface area contributed by atoms with Gasteiger partial charge in [-0.15, -0.1) is 0 Å². The van der Waals surface area contributed by atoms with Crippen molar-refractivity contribution < 1.29 is 14.3 Å². The second-order valence-electron chi connectivity index (χ2n) is 5.94. The molecule has 0 saturated carbocycles. The molecule has 7 heteroatoms. The van der Waals surface area contributed by atoms with Crippen molar-refractivity contribution in [3.8, 4) is 5.75 Å². The van der Waals surface area contributed by atoms with Crippen molar-refractivity contribution in [2.24, 2.45) is 0 Å². The fourth-order valence-electron chi connectivity index (χ4n) is 2.83. The van der Waals surface area contributed by atoms with Crippen LogP contribution in [0.25, 0.3) is 0 Å². The second-order valence-corrected chi connectivity index (χ2v) is 6.37. The van der Waals surface area contributed by atoms with Gasteiger partial charge in [0, 0.05) is 29.4 Å². The van der Waals surface area contributed by atoms with Crippen LogP contribution in [0.2, 0.25) is 5.02 Å². The van der Waals surface area contributed by atoms with Crippen LogP contribution >= 0.6 is 11.6 Å². The molecule has 1 fully saturated rings. The highest BCUT2D eigenvalue weighted by Gasteiger charge is 2.31. The molecule has 0 radical (unpaired) electrons. The van der Waals surface area contributed by atoms with Crippen LogP contribution in [0.3, 0.4) is 0 Å². The zero-order valence-electron chi connectivity index (χ0n) is 14.4. The number of halogens is 1. The van der Waals surface area contributed by atoms with Crippen molar-refractivity contribution in [3.05, 3.63) is 53.6 Å². The summed E-state index contributed by atoms with van der Waals surface area (Å²) in [5.41, 5.74) is 1.43. The Labute approximate surface area is 157 Å². The summed E-state index contributed by atoms with van der Waals surface area (Å²) in [4.78, 5) is 26.0. The summed E-state index contributed by atoms with van der Waals surface area (Å²) in [7, 11) is 0. The first-order valence-electron chi connectivity index (χ1n) is 8.41. The van der Waals surface area contributed by atoms with Gasteiger partial charge in [0.25, 0.3) is 0 Å². The molecule has 3 rings (SSSR count). The molecule has 0 aromatic heterocycles. The van der Waals surface area contributed by atoms with E-state index in [1.54, 1.807) is 53.4 Å². The number of carbonyl (C=O) groups excluding carboxylic acids is 2. The minimum atomic E-state index is -0.343. The van der Waals surface area contributed by atoms with E-state index in [4.69, 9.17) is 16.3 Å². The van der Waals surface area contributed by atoms with E-state index in [0.29, 0.717) is 23.9 Å². The first-order chi connectivity index (χ1) is 12.5. The molecular formula is C19H20ClN3O3. The molecule has 1 aliphatic rings. The Hall–Kier alpha value is -2.73. The van der Waals surface area contributed by atoms with Gasteiger partial charge in [-0.25, -0.2) is 4.79 Å². The van der Waals surface area contributed by atoms with Crippen molar-refractivity contribution in [2.75, 3.05) is 23.4 Å². The number of hydrogen-bond acceptors (Lipinski definition) is 3. The largest absolute Gasteiger partial charge is 0.494 e. The van der Waals surface area contributed by atoms with E-state index in [1.165, 1.54) is 0 Å². The molecular weight excluding hydrogens is 354 g/mol. The van der Waals surface area contributed by atoms with E-state index in [2.05, 4.69) is 10.6 Å². The molecule has 0 spiro atoms. The van der Waals surface area contributed by atoms with E-state index in [9.17, 15) is 9.59 Å². The molecule has 1 unspecified atom stereocenters. The van der Waals surface area contributed by atoms with Crippen molar-refractivity contribution >= 4 is 34.9 Å². The molecule has 1 atom stereocenters. The third kappa shape index (κ3) is 4.46. The van der Waals surface area contributed by atoms with Gasteiger partial charge in [-0.1, -0.05) is 11.6 Å². The summed E-state index contributed by atoms with van der Waals surface area (Å²) in [6, 6.07) is 13.6. The van der Waals surface area contributed by atoms with E-state index < -0.39 is 0 Å². The van der Waals surface area contributed by atoms with E-state index in [0.717, 1.165) is 11.4 Å². The number of anilines is 2. The molecule has 2 N–H and O–H groups in total. The standard InChI is InChI=1S/C19H20ClN3O3/c1-2-26-17-9-5-14(6-10-17)21-19(25)22-15-11-18(24)23(12-15)16-7-3-13(20)4-8-16/h3-10,15H,2,11-12H2,1H3,(H2,21,22,25). The summed E-state index contributed by atoms with van der Waals surface area (Å²) < 4.78 is 5.37. The van der Waals surface area contributed by atoms with Crippen LogP contribution in [0.5, 0.6) is 5.75 Å². The minimum Gasteiger partial charge on any atom is -0.494 e. The molecule has 1 saturated heterocycles. The van der Waals surface area contributed by atoms with Gasteiger partial charge in [-0.2, -0.15) is 0 Å². The number of carbonyl (C=O) groups is 2. The normalized spacial score (nSPS) is 16.5. The number of nitrogens with zero attached hydrogens (tertiary/aromatic N) is 1. The van der Waals surface area contributed by atoms with Crippen LogP contribution in [0.4, 0.5) is 16.2 Å². The average Bonchev–Trinajstić information content (AvgIpc) is 2.97. The Bertz CT molecular complexity index is 778. The first kappa shape index (κ1) is 18.1. The lowest BCUT2D eigenvalue weighted by Crippen LogP contribution is -2.39. The van der Waals surface area contributed by atoms with Gasteiger partial charge < -0.3 is 20.3 Å². The highest BCUT2D eigenvalue weighted by molar-refractivity contribution is 6.30. The third-order valence-corrected chi connectivity index (χ3v) is 4.27. The maximum atomic E-state index is 12.2. The molecule has 2 aromatic carbocycles. The number of ether oxygens (including phenoxy) is 1. The van der Waals surface area contributed by atoms with Crippen molar-refractivity contribution in [1.29, 1.82) is 0 Å². The highest BCUT2D eigenvalue weighted by Crippen LogP contribution is 2.23. The Morgan fingerprint density at radius 3 is 2.54 bits per heavy atom. The molecule has 0 bridgehead atoms. The number of nitrogens with one attached hydrogen (secondary N) is 2. The fourth-order valence-corrected chi connectivity index (χ4v) is 2.95. The molecule has 0 aliphatic carbocycles. The zero-order valence-corrected chi connectivity index (χ0v) is 15.1. The third-order valence-electron chi connectivity index (χ3n) is 4.02. The predicted molar refractivity (Wildman–Crippen MR) is 102 cm³/mol. The fraction of sp³-hybridized carbons (Fsp3) is 0.263. The van der Waals surface area contributed by atoms with Gasteiger partial charge in [0.1, 0.15) is 5.75 Å². The van der Waals surface area contributed by atoms with Crippen LogP contribution in [0, 0.1) is 0 Å². The van der Waals surface area contributed by atoms with Crippen LogP contribution in [0.15, 0.2) is 48.5 Å². The van der Waals surface area contributed by atoms with Crippen LogP contribution in [-0.4, -0.2) is 31.1 Å². The second kappa shape index (κ2) is 8.10. The lowest BCUT2D eigenvalue weighted by molar-refractivity contribution is -0.117. The van der Waals surface area contributed by atoms with E-state index in [-0.39, 0.29) is 24.4 Å². The highest BCUT2D eigenvalue weighted by atomic mass is 35.5. The Kier molecular flexibility index (Phi) is 5.63. The first-order valence-corrected chi connectivity index (χ1v) is 8.79. The average molecular weight is 374 g/mol. The molecule has 2 aromatic rings. The maximum absolute atomic E-state index is 12.2. The summed E-state index contributed by atoms with van der Waals surface area (Å²) in [5, 5.41) is 6.22. The Balaban J connectivity index is 1.55. The SMILES string of the molecule is CCOc1ccc(NC(=O)NC2CC(=O)N(c3ccc(Cl)cc3)C2)cc1. The quantitative estimate of drug-likeness (QED) is 0.840. The number of rotatable bonds is 5. The predicted octanol–water partition coefficient (Wildman–Crippen LogP) is 3.67. The van der Waals surface area contributed by atoms with Gasteiger partial charge in [0.15, 0.2) is 0 Å². The van der Waals surface area contributed by atoms with Crippen molar-refractivity contribution in [3.63, 3.8) is 0 Å². The van der Waals surface area contributed by atoms with Crippen molar-refractivity contribution in [2.45, 2.75) is 19.4 Å². The van der Waals surface area contributed by atoms with Crippen LogP contribution < -0.4 is 20.3 Å². The maximum Gasteiger partial charge on any atom is 0.319 e. The van der Waals surface area contributed by atoms with Gasteiger partial charge in [0.2, 0.25) is 5.91 Å². The molecule has 3 amide bonds. The number of urea groups is 1. The van der Waals surface area contributed by atoms with Gasteiger partial charge >= 0.3 is 6.03 Å².